The van der Waals surface area contributed by atoms with Crippen molar-refractivity contribution in [3.63, 3.8) is 0 Å². The Morgan fingerprint density at radius 1 is 1.25 bits per heavy atom. The largest absolute Gasteiger partial charge is 0.399 e. The van der Waals surface area contributed by atoms with Crippen LogP contribution in [0.25, 0.3) is 0 Å². The second-order valence-electron chi connectivity index (χ2n) is 3.36. The average Bonchev–Trinajstić information content (AvgIpc) is 2.06. The molecule has 1 aromatic carbocycles. The van der Waals surface area contributed by atoms with Crippen LogP contribution in [0.2, 0.25) is 0 Å². The maximum absolute atomic E-state index is 5.60. The molecule has 0 fully saturated rings. The summed E-state index contributed by atoms with van der Waals surface area (Å²) in [5.41, 5.74) is 7.84. The van der Waals surface area contributed by atoms with Crippen molar-refractivity contribution >= 4 is 5.69 Å². The minimum Gasteiger partial charge on any atom is -0.399 e. The molecule has 1 heteroatoms. The van der Waals surface area contributed by atoms with Gasteiger partial charge in [-0.15, -0.1) is 0 Å². The Balaban J connectivity index is 2.68. The minimum atomic E-state index is 0.663. The van der Waals surface area contributed by atoms with Crippen LogP contribution in [0.5, 0.6) is 0 Å². The zero-order valence-electron chi connectivity index (χ0n) is 7.88. The van der Waals surface area contributed by atoms with E-state index in [2.05, 4.69) is 26.0 Å². The van der Waals surface area contributed by atoms with E-state index >= 15 is 0 Å². The summed E-state index contributed by atoms with van der Waals surface area (Å²) in [4.78, 5) is 0. The van der Waals surface area contributed by atoms with Crippen LogP contribution < -0.4 is 5.73 Å². The van der Waals surface area contributed by atoms with E-state index in [9.17, 15) is 0 Å². The van der Waals surface area contributed by atoms with E-state index < -0.39 is 0 Å². The van der Waals surface area contributed by atoms with Gasteiger partial charge in [-0.1, -0.05) is 32.4 Å². The summed E-state index contributed by atoms with van der Waals surface area (Å²) in [7, 11) is 0. The lowest BCUT2D eigenvalue weighted by molar-refractivity contribution is 0.665. The Morgan fingerprint density at radius 3 is 2.33 bits per heavy atom. The molecule has 0 heterocycles. The number of rotatable bonds is 3. The molecule has 0 bridgehead atoms. The fourth-order valence-corrected chi connectivity index (χ4v) is 1.42. The molecule has 0 saturated carbocycles. The zero-order valence-corrected chi connectivity index (χ0v) is 7.88. The van der Waals surface area contributed by atoms with E-state index in [1.807, 2.05) is 12.1 Å². The fourth-order valence-electron chi connectivity index (χ4n) is 1.42. The Morgan fingerprint density at radius 2 is 1.83 bits per heavy atom. The summed E-state index contributed by atoms with van der Waals surface area (Å²) in [6, 6.07) is 8.19. The standard InChI is InChI=1S/C11H17N/c1-3-4-9(2)10-5-7-11(12)8-6-10/h5-9H,3-4,12H2,1-2H3/t9-/m0/s1. The number of nitrogens with two attached hydrogens (primary N) is 1. The molecule has 0 aliphatic carbocycles. The summed E-state index contributed by atoms with van der Waals surface area (Å²) >= 11 is 0. The number of anilines is 1. The van der Waals surface area contributed by atoms with Gasteiger partial charge in [-0.25, -0.2) is 0 Å². The average molecular weight is 163 g/mol. The third-order valence-electron chi connectivity index (χ3n) is 2.23. The van der Waals surface area contributed by atoms with Gasteiger partial charge in [0.15, 0.2) is 0 Å². The molecule has 0 aliphatic heterocycles. The molecule has 0 aliphatic rings. The van der Waals surface area contributed by atoms with Crippen LogP contribution in [0.15, 0.2) is 24.3 Å². The molecular formula is C11H17N. The predicted molar refractivity (Wildman–Crippen MR) is 54.2 cm³/mol. The quantitative estimate of drug-likeness (QED) is 0.680. The maximum atomic E-state index is 5.60. The number of hydrogen-bond acceptors (Lipinski definition) is 1. The van der Waals surface area contributed by atoms with Gasteiger partial charge in [-0.2, -0.15) is 0 Å². The van der Waals surface area contributed by atoms with Crippen LogP contribution >= 0.6 is 0 Å². The summed E-state index contributed by atoms with van der Waals surface area (Å²) in [6.07, 6.45) is 2.50. The van der Waals surface area contributed by atoms with Gasteiger partial charge in [0.1, 0.15) is 0 Å². The van der Waals surface area contributed by atoms with Crippen molar-refractivity contribution in [2.45, 2.75) is 32.6 Å². The predicted octanol–water partition coefficient (Wildman–Crippen LogP) is 3.17. The molecule has 0 spiro atoms. The smallest absolute Gasteiger partial charge is 0.0314 e. The molecule has 0 radical (unpaired) electrons. The van der Waals surface area contributed by atoms with Gasteiger partial charge in [-0.3, -0.25) is 0 Å². The lowest BCUT2D eigenvalue weighted by atomic mass is 9.96. The molecule has 0 amide bonds. The highest BCUT2D eigenvalue weighted by Gasteiger charge is 2.02. The van der Waals surface area contributed by atoms with Gasteiger partial charge < -0.3 is 5.73 Å². The molecule has 1 aromatic rings. The van der Waals surface area contributed by atoms with Crippen molar-refractivity contribution in [1.29, 1.82) is 0 Å². The summed E-state index contributed by atoms with van der Waals surface area (Å²) in [5, 5.41) is 0. The molecule has 66 valence electrons. The summed E-state index contributed by atoms with van der Waals surface area (Å²) < 4.78 is 0. The number of hydrogen-bond donors (Lipinski definition) is 1. The van der Waals surface area contributed by atoms with Gasteiger partial charge in [0.2, 0.25) is 0 Å². The molecule has 12 heavy (non-hydrogen) atoms. The summed E-state index contributed by atoms with van der Waals surface area (Å²) in [6.45, 7) is 4.48. The third kappa shape index (κ3) is 2.26. The van der Waals surface area contributed by atoms with Gasteiger partial charge in [0.25, 0.3) is 0 Å². The Bertz CT molecular complexity index is 225. The normalized spacial score (nSPS) is 12.8. The monoisotopic (exact) mass is 163 g/mol. The van der Waals surface area contributed by atoms with E-state index in [4.69, 9.17) is 5.73 Å². The number of benzene rings is 1. The van der Waals surface area contributed by atoms with E-state index in [-0.39, 0.29) is 0 Å². The van der Waals surface area contributed by atoms with Gasteiger partial charge in [0, 0.05) is 5.69 Å². The fraction of sp³-hybridized carbons (Fsp3) is 0.455. The Kier molecular flexibility index (Phi) is 3.15. The molecule has 0 unspecified atom stereocenters. The molecule has 1 rings (SSSR count). The highest BCUT2D eigenvalue weighted by molar-refractivity contribution is 5.40. The van der Waals surface area contributed by atoms with Crippen LogP contribution in [0, 0.1) is 0 Å². The van der Waals surface area contributed by atoms with E-state index in [1.165, 1.54) is 18.4 Å². The molecular weight excluding hydrogens is 146 g/mol. The first-order valence-electron chi connectivity index (χ1n) is 4.59. The molecule has 0 saturated heterocycles. The van der Waals surface area contributed by atoms with Crippen molar-refractivity contribution in [2.24, 2.45) is 0 Å². The Hall–Kier alpha value is -0.980. The highest BCUT2D eigenvalue weighted by atomic mass is 14.5. The van der Waals surface area contributed by atoms with Gasteiger partial charge in [0.05, 0.1) is 0 Å². The number of nitrogen functional groups attached to an aromatic ring is 1. The highest BCUT2D eigenvalue weighted by Crippen LogP contribution is 2.20. The van der Waals surface area contributed by atoms with Crippen LogP contribution in [0.1, 0.15) is 38.2 Å². The first-order chi connectivity index (χ1) is 5.74. The second kappa shape index (κ2) is 4.15. The summed E-state index contributed by atoms with van der Waals surface area (Å²) in [5.74, 6) is 0.663. The van der Waals surface area contributed by atoms with Crippen LogP contribution in [-0.4, -0.2) is 0 Å². The lowest BCUT2D eigenvalue weighted by Crippen LogP contribution is -1.93. The maximum Gasteiger partial charge on any atom is 0.0314 e. The Labute approximate surface area is 74.6 Å². The van der Waals surface area contributed by atoms with Crippen LogP contribution in [0.4, 0.5) is 5.69 Å². The van der Waals surface area contributed by atoms with Crippen LogP contribution in [-0.2, 0) is 0 Å². The van der Waals surface area contributed by atoms with Crippen molar-refractivity contribution < 1.29 is 0 Å². The van der Waals surface area contributed by atoms with E-state index in [0.29, 0.717) is 5.92 Å². The third-order valence-corrected chi connectivity index (χ3v) is 2.23. The second-order valence-corrected chi connectivity index (χ2v) is 3.36. The molecule has 0 aromatic heterocycles. The lowest BCUT2D eigenvalue weighted by Gasteiger charge is -2.09. The van der Waals surface area contributed by atoms with Crippen molar-refractivity contribution in [2.75, 3.05) is 5.73 Å². The zero-order chi connectivity index (χ0) is 8.97. The first-order valence-corrected chi connectivity index (χ1v) is 4.59. The first kappa shape index (κ1) is 9.11. The molecule has 2 N–H and O–H groups in total. The van der Waals surface area contributed by atoms with E-state index in [0.717, 1.165) is 5.69 Å². The van der Waals surface area contributed by atoms with E-state index in [1.54, 1.807) is 0 Å². The molecule has 1 nitrogen and oxygen atoms in total. The van der Waals surface area contributed by atoms with Gasteiger partial charge >= 0.3 is 0 Å². The topological polar surface area (TPSA) is 26.0 Å². The minimum absolute atomic E-state index is 0.663. The van der Waals surface area contributed by atoms with Gasteiger partial charge in [-0.05, 0) is 30.0 Å². The van der Waals surface area contributed by atoms with Crippen molar-refractivity contribution in [3.8, 4) is 0 Å². The van der Waals surface area contributed by atoms with Crippen LogP contribution in [0.3, 0.4) is 0 Å². The van der Waals surface area contributed by atoms with Crippen molar-refractivity contribution in [1.82, 2.24) is 0 Å². The SMILES string of the molecule is CCC[C@H](C)c1ccc(N)cc1. The van der Waals surface area contributed by atoms with Crippen molar-refractivity contribution in [3.05, 3.63) is 29.8 Å². The molecule has 1 atom stereocenters.